The molecule has 1 N–H and O–H groups in total. The van der Waals surface area contributed by atoms with Gasteiger partial charge in [-0.25, -0.2) is 9.07 Å². The molecule has 43 heavy (non-hydrogen) atoms. The Bertz CT molecular complexity index is 1900. The number of H-pyrrole nitrogens is 1. The van der Waals surface area contributed by atoms with Gasteiger partial charge in [0.25, 0.3) is 0 Å². The van der Waals surface area contributed by atoms with E-state index in [0.717, 1.165) is 11.6 Å². The van der Waals surface area contributed by atoms with Crippen LogP contribution in [0.2, 0.25) is 10.2 Å². The van der Waals surface area contributed by atoms with Crippen LogP contribution in [0.15, 0.2) is 73.6 Å². The number of aromatic amines is 1. The maximum atomic E-state index is 15.4. The molecule has 0 fully saturated rings. The van der Waals surface area contributed by atoms with Gasteiger partial charge in [0.05, 0.1) is 45.5 Å². The highest BCUT2D eigenvalue weighted by Crippen LogP contribution is 2.33. The summed E-state index contributed by atoms with van der Waals surface area (Å²) in [4.78, 5) is 8.21. The van der Waals surface area contributed by atoms with Crippen LogP contribution in [0.1, 0.15) is 23.0 Å². The lowest BCUT2D eigenvalue weighted by Gasteiger charge is -2.18. The molecule has 0 bridgehead atoms. The predicted molar refractivity (Wildman–Crippen MR) is 147 cm³/mol. The molecule has 0 aliphatic rings. The summed E-state index contributed by atoms with van der Waals surface area (Å²) < 4.78 is 59.4. The Kier molecular flexibility index (Phi) is 7.40. The van der Waals surface area contributed by atoms with E-state index in [1.54, 1.807) is 53.2 Å². The highest BCUT2D eigenvalue weighted by atomic mass is 35.5. The Balaban J connectivity index is 1.39. The van der Waals surface area contributed by atoms with Gasteiger partial charge in [-0.3, -0.25) is 14.6 Å². The topological polar surface area (TPSA) is 107 Å². The molecule has 1 aromatic carbocycles. The number of hydrogen-bond donors (Lipinski definition) is 1. The van der Waals surface area contributed by atoms with E-state index in [0.29, 0.717) is 28.2 Å². The zero-order valence-electron chi connectivity index (χ0n) is 22.0. The third-order valence-electron chi connectivity index (χ3n) is 6.72. The molecule has 218 valence electrons. The predicted octanol–water partition coefficient (Wildman–Crippen LogP) is 5.43. The second-order valence-corrected chi connectivity index (χ2v) is 10.3. The molecule has 5 aromatic heterocycles. The van der Waals surface area contributed by atoms with Crippen molar-refractivity contribution in [1.82, 2.24) is 45.1 Å². The number of rotatable bonds is 7. The van der Waals surface area contributed by atoms with E-state index in [-0.39, 0.29) is 22.2 Å². The van der Waals surface area contributed by atoms with Crippen LogP contribution in [0.4, 0.5) is 17.6 Å². The molecule has 1 atom stereocenters. The van der Waals surface area contributed by atoms with Crippen molar-refractivity contribution < 1.29 is 22.2 Å². The first kappa shape index (κ1) is 28.4. The standard InChI is InChI=1S/C27H18Cl2F4N10/c1-41-22(12-36-39-41)17-11-37-42(13-17)21(8-15-2-7-23(35-9-15)27(31,32)33)19-5-3-16(10-34-19)25-20(6-4-18(28)26(25)30)43-14-24(29)38-40-43/h2-7,9-14,21H,8H2,1H3/p+1/t21-/m0/s1. The number of hydrogen-bond acceptors (Lipinski definition) is 6. The van der Waals surface area contributed by atoms with Gasteiger partial charge in [0.15, 0.2) is 17.7 Å². The Morgan fingerprint density at radius 1 is 0.977 bits per heavy atom. The SMILES string of the molecule is Cn1nncc1-c1cnn([C@@H](Cc2ccc(C(F)(F)F)nc2)c2ccc(-c3c(-[n+]4cc(Cl)n[nH]4)ccc(Cl)c3F)cn2)c1. The molecule has 5 heterocycles. The van der Waals surface area contributed by atoms with E-state index >= 15 is 4.39 Å². The van der Waals surface area contributed by atoms with Crippen LogP contribution < -0.4 is 4.68 Å². The van der Waals surface area contributed by atoms with Crippen LogP contribution in [0.5, 0.6) is 0 Å². The van der Waals surface area contributed by atoms with Gasteiger partial charge < -0.3 is 0 Å². The molecular formula is C27H19Cl2F4N10+. The van der Waals surface area contributed by atoms with Crippen LogP contribution in [0.25, 0.3) is 28.1 Å². The van der Waals surface area contributed by atoms with Crippen LogP contribution >= 0.6 is 23.2 Å². The second-order valence-electron chi connectivity index (χ2n) is 9.48. The highest BCUT2D eigenvalue weighted by Gasteiger charge is 2.32. The van der Waals surface area contributed by atoms with Crippen LogP contribution in [0, 0.1) is 5.82 Å². The molecule has 6 aromatic rings. The van der Waals surface area contributed by atoms with Gasteiger partial charge in [0.2, 0.25) is 0 Å². The number of nitrogens with zero attached hydrogens (tertiary/aromatic N) is 9. The van der Waals surface area contributed by atoms with Crippen LogP contribution in [-0.4, -0.2) is 45.1 Å². The van der Waals surface area contributed by atoms with Crippen molar-refractivity contribution in [3.8, 4) is 28.1 Å². The summed E-state index contributed by atoms with van der Waals surface area (Å²) in [7, 11) is 1.74. The van der Waals surface area contributed by atoms with Gasteiger partial charge in [0.1, 0.15) is 5.69 Å². The number of nitrogens with one attached hydrogen (secondary N) is 1. The molecule has 0 aliphatic carbocycles. The zero-order valence-corrected chi connectivity index (χ0v) is 23.5. The molecule has 0 spiro atoms. The fourth-order valence-corrected chi connectivity index (χ4v) is 4.91. The molecule has 0 radical (unpaired) electrons. The molecular weight excluding hydrogens is 611 g/mol. The summed E-state index contributed by atoms with van der Waals surface area (Å²) in [6.07, 6.45) is 4.79. The summed E-state index contributed by atoms with van der Waals surface area (Å²) in [5.41, 5.74) is 2.45. The Labute approximate surface area is 250 Å². The average Bonchev–Trinajstić information content (AvgIpc) is 3.74. The van der Waals surface area contributed by atoms with Crippen molar-refractivity contribution in [3.05, 3.63) is 107 Å². The summed E-state index contributed by atoms with van der Waals surface area (Å²) in [5, 5.41) is 19.0. The first-order chi connectivity index (χ1) is 20.6. The van der Waals surface area contributed by atoms with E-state index in [9.17, 15) is 13.2 Å². The maximum absolute atomic E-state index is 15.4. The minimum Gasteiger partial charge on any atom is -0.263 e. The Hall–Kier alpha value is -4.69. The lowest BCUT2D eigenvalue weighted by molar-refractivity contribution is -0.659. The summed E-state index contributed by atoms with van der Waals surface area (Å²) in [6.45, 7) is 0. The summed E-state index contributed by atoms with van der Waals surface area (Å²) in [6, 6.07) is 8.13. The van der Waals surface area contributed by atoms with E-state index in [2.05, 4.69) is 35.7 Å². The fourth-order valence-electron chi connectivity index (χ4n) is 4.62. The number of pyridine rings is 2. The van der Waals surface area contributed by atoms with Gasteiger partial charge in [0, 0.05) is 43.2 Å². The first-order valence-electron chi connectivity index (χ1n) is 12.6. The van der Waals surface area contributed by atoms with Crippen molar-refractivity contribution in [3.63, 3.8) is 0 Å². The van der Waals surface area contributed by atoms with Crippen molar-refractivity contribution in [1.29, 1.82) is 0 Å². The van der Waals surface area contributed by atoms with Gasteiger partial charge in [-0.1, -0.05) is 34.2 Å². The minimum absolute atomic E-state index is 0.0876. The molecule has 0 saturated heterocycles. The minimum atomic E-state index is -4.56. The summed E-state index contributed by atoms with van der Waals surface area (Å²) in [5.74, 6) is -0.666. The number of aromatic nitrogens is 10. The fraction of sp³-hybridized carbons (Fsp3) is 0.148. The van der Waals surface area contributed by atoms with Crippen LogP contribution in [0.3, 0.4) is 0 Å². The number of benzene rings is 1. The molecule has 16 heteroatoms. The lowest BCUT2D eigenvalue weighted by atomic mass is 10.0. The highest BCUT2D eigenvalue weighted by molar-refractivity contribution is 6.31. The van der Waals surface area contributed by atoms with Crippen molar-refractivity contribution in [2.24, 2.45) is 7.05 Å². The number of alkyl halides is 3. The van der Waals surface area contributed by atoms with E-state index in [1.807, 2.05) is 0 Å². The van der Waals surface area contributed by atoms with Crippen molar-refractivity contribution >= 4 is 23.2 Å². The largest absolute Gasteiger partial charge is 0.433 e. The van der Waals surface area contributed by atoms with Crippen molar-refractivity contribution in [2.75, 3.05) is 0 Å². The quantitative estimate of drug-likeness (QED) is 0.186. The van der Waals surface area contributed by atoms with Crippen LogP contribution in [-0.2, 0) is 19.6 Å². The van der Waals surface area contributed by atoms with E-state index in [1.165, 1.54) is 35.4 Å². The molecule has 0 aliphatic heterocycles. The van der Waals surface area contributed by atoms with Gasteiger partial charge >= 0.3 is 11.3 Å². The third kappa shape index (κ3) is 5.70. The van der Waals surface area contributed by atoms with Gasteiger partial charge in [-0.2, -0.15) is 18.3 Å². The average molecular weight is 630 g/mol. The molecule has 0 saturated carbocycles. The Morgan fingerprint density at radius 2 is 1.81 bits per heavy atom. The first-order valence-corrected chi connectivity index (χ1v) is 13.3. The summed E-state index contributed by atoms with van der Waals surface area (Å²) >= 11 is 12.1. The van der Waals surface area contributed by atoms with E-state index < -0.39 is 23.7 Å². The number of halogens is 6. The normalized spacial score (nSPS) is 12.5. The number of aryl methyl sites for hydroxylation is 1. The molecule has 10 nitrogen and oxygen atoms in total. The maximum Gasteiger partial charge on any atom is 0.433 e. The third-order valence-corrected chi connectivity index (χ3v) is 7.20. The molecule has 6 rings (SSSR count). The van der Waals surface area contributed by atoms with Gasteiger partial charge in [-0.05, 0) is 41.4 Å². The lowest BCUT2D eigenvalue weighted by Crippen LogP contribution is -2.33. The van der Waals surface area contributed by atoms with Crippen molar-refractivity contribution in [2.45, 2.75) is 18.6 Å². The Morgan fingerprint density at radius 3 is 2.44 bits per heavy atom. The zero-order chi connectivity index (χ0) is 30.3. The van der Waals surface area contributed by atoms with Gasteiger partial charge in [-0.15, -0.1) is 9.78 Å². The molecule has 0 amide bonds. The second kappa shape index (κ2) is 11.2. The van der Waals surface area contributed by atoms with E-state index in [4.69, 9.17) is 23.2 Å². The molecule has 0 unspecified atom stereocenters. The monoisotopic (exact) mass is 629 g/mol. The smallest absolute Gasteiger partial charge is 0.263 e.